The molecular weight excluding hydrogens is 372 g/mol. The zero-order valence-corrected chi connectivity index (χ0v) is 16.3. The van der Waals surface area contributed by atoms with Crippen LogP contribution in [0.3, 0.4) is 0 Å². The van der Waals surface area contributed by atoms with Crippen LogP contribution in [0.4, 0.5) is 5.69 Å². The average Bonchev–Trinajstić information content (AvgIpc) is 3.51. The Morgan fingerprint density at radius 1 is 1.14 bits per heavy atom. The number of imidazole rings is 1. The van der Waals surface area contributed by atoms with Crippen molar-refractivity contribution in [1.29, 1.82) is 0 Å². The van der Waals surface area contributed by atoms with Crippen LogP contribution in [-0.2, 0) is 20.8 Å². The number of ether oxygens (including phenoxy) is 2. The normalized spacial score (nSPS) is 17.1. The van der Waals surface area contributed by atoms with Gasteiger partial charge in [0.2, 0.25) is 6.41 Å². The highest BCUT2D eigenvalue weighted by atomic mass is 16.5. The SMILES string of the molecule is C1CCOC1.O=CNc1cn[nH]c1-c1nc2ccc(CN3CCOCC3)cc2[nH]1. The number of hydrogen-bond acceptors (Lipinski definition) is 6. The van der Waals surface area contributed by atoms with E-state index in [1.807, 2.05) is 6.07 Å². The third-order valence-corrected chi connectivity index (χ3v) is 4.97. The Kier molecular flexibility index (Phi) is 6.50. The van der Waals surface area contributed by atoms with Gasteiger partial charge in [-0.3, -0.25) is 14.8 Å². The highest BCUT2D eigenvalue weighted by molar-refractivity contribution is 5.85. The van der Waals surface area contributed by atoms with E-state index in [4.69, 9.17) is 9.47 Å². The van der Waals surface area contributed by atoms with E-state index in [-0.39, 0.29) is 0 Å². The van der Waals surface area contributed by atoms with Gasteiger partial charge >= 0.3 is 0 Å². The van der Waals surface area contributed by atoms with E-state index < -0.39 is 0 Å². The lowest BCUT2D eigenvalue weighted by atomic mass is 10.2. The smallest absolute Gasteiger partial charge is 0.211 e. The molecule has 3 N–H and O–H groups in total. The molecule has 2 saturated heterocycles. The van der Waals surface area contributed by atoms with Gasteiger partial charge in [-0.1, -0.05) is 6.07 Å². The summed E-state index contributed by atoms with van der Waals surface area (Å²) >= 11 is 0. The number of amides is 1. The van der Waals surface area contributed by atoms with Gasteiger partial charge in [0.15, 0.2) is 5.82 Å². The van der Waals surface area contributed by atoms with Crippen LogP contribution in [0.2, 0.25) is 0 Å². The van der Waals surface area contributed by atoms with Crippen molar-refractivity contribution in [3.05, 3.63) is 30.0 Å². The molecule has 0 unspecified atom stereocenters. The van der Waals surface area contributed by atoms with E-state index in [1.54, 1.807) is 6.20 Å². The van der Waals surface area contributed by atoms with Gasteiger partial charge < -0.3 is 19.8 Å². The molecule has 9 heteroatoms. The fraction of sp³-hybridized carbons (Fsp3) is 0.450. The zero-order chi connectivity index (χ0) is 19.9. The second kappa shape index (κ2) is 9.64. The molecule has 2 fully saturated rings. The van der Waals surface area contributed by atoms with Crippen molar-refractivity contribution in [3.63, 3.8) is 0 Å². The fourth-order valence-corrected chi connectivity index (χ4v) is 3.44. The summed E-state index contributed by atoms with van der Waals surface area (Å²) in [4.78, 5) is 20.9. The minimum atomic E-state index is 0.595. The molecule has 0 radical (unpaired) electrons. The van der Waals surface area contributed by atoms with E-state index in [9.17, 15) is 4.79 Å². The molecule has 0 atom stereocenters. The predicted octanol–water partition coefficient (Wildman–Crippen LogP) is 2.15. The molecule has 0 bridgehead atoms. The Morgan fingerprint density at radius 3 is 2.66 bits per heavy atom. The van der Waals surface area contributed by atoms with E-state index >= 15 is 0 Å². The molecule has 2 aliphatic heterocycles. The van der Waals surface area contributed by atoms with Crippen LogP contribution in [0.15, 0.2) is 24.4 Å². The van der Waals surface area contributed by atoms with Crippen LogP contribution in [0, 0.1) is 0 Å². The van der Waals surface area contributed by atoms with Crippen LogP contribution in [0.5, 0.6) is 0 Å². The number of H-pyrrole nitrogens is 2. The highest BCUT2D eigenvalue weighted by Gasteiger charge is 2.14. The number of fused-ring (bicyclic) bond motifs is 1. The van der Waals surface area contributed by atoms with E-state index in [0.29, 0.717) is 23.6 Å². The maximum atomic E-state index is 10.7. The van der Waals surface area contributed by atoms with E-state index in [2.05, 4.69) is 42.5 Å². The number of carbonyl (C=O) groups is 1. The number of nitrogens with zero attached hydrogens (tertiary/aromatic N) is 3. The van der Waals surface area contributed by atoms with Crippen molar-refractivity contribution >= 4 is 23.1 Å². The van der Waals surface area contributed by atoms with Crippen LogP contribution >= 0.6 is 0 Å². The number of carbonyl (C=O) groups excluding carboxylic acids is 1. The van der Waals surface area contributed by atoms with Crippen molar-refractivity contribution in [2.45, 2.75) is 19.4 Å². The predicted molar refractivity (Wildman–Crippen MR) is 110 cm³/mol. The molecular formula is C20H26N6O3. The van der Waals surface area contributed by atoms with Crippen LogP contribution in [-0.4, -0.2) is 71.0 Å². The quantitative estimate of drug-likeness (QED) is 0.569. The van der Waals surface area contributed by atoms with Crippen LogP contribution < -0.4 is 5.32 Å². The molecule has 1 aromatic carbocycles. The number of rotatable bonds is 5. The van der Waals surface area contributed by atoms with Crippen LogP contribution in [0.1, 0.15) is 18.4 Å². The molecule has 2 aliphatic rings. The monoisotopic (exact) mass is 398 g/mol. The first-order valence-corrected chi connectivity index (χ1v) is 9.94. The fourth-order valence-electron chi connectivity index (χ4n) is 3.44. The highest BCUT2D eigenvalue weighted by Crippen LogP contribution is 2.25. The summed E-state index contributed by atoms with van der Waals surface area (Å²) in [5, 5.41) is 9.43. The number of morpholine rings is 1. The molecule has 9 nitrogen and oxygen atoms in total. The Bertz CT molecular complexity index is 920. The third-order valence-electron chi connectivity index (χ3n) is 4.97. The van der Waals surface area contributed by atoms with Crippen molar-refractivity contribution < 1.29 is 14.3 Å². The Balaban J connectivity index is 0.000000359. The molecule has 0 saturated carbocycles. The number of aromatic amines is 2. The summed E-state index contributed by atoms with van der Waals surface area (Å²) in [5.41, 5.74) is 4.32. The lowest BCUT2D eigenvalue weighted by molar-refractivity contribution is -0.105. The lowest BCUT2D eigenvalue weighted by Crippen LogP contribution is -2.35. The largest absolute Gasteiger partial charge is 0.381 e. The summed E-state index contributed by atoms with van der Waals surface area (Å²) in [7, 11) is 0. The first-order chi connectivity index (χ1) is 14.3. The van der Waals surface area contributed by atoms with Gasteiger partial charge in [0.25, 0.3) is 0 Å². The van der Waals surface area contributed by atoms with Gasteiger partial charge in [0, 0.05) is 32.8 Å². The van der Waals surface area contributed by atoms with Gasteiger partial charge in [-0.05, 0) is 30.5 Å². The van der Waals surface area contributed by atoms with Gasteiger partial charge in [-0.2, -0.15) is 5.10 Å². The summed E-state index contributed by atoms with van der Waals surface area (Å²) in [6, 6.07) is 6.22. The number of nitrogens with one attached hydrogen (secondary N) is 3. The Morgan fingerprint density at radius 2 is 1.93 bits per heavy atom. The van der Waals surface area contributed by atoms with Gasteiger partial charge in [-0.25, -0.2) is 4.98 Å². The molecule has 5 rings (SSSR count). The Hall–Kier alpha value is -2.75. The van der Waals surface area contributed by atoms with Crippen molar-refractivity contribution in [2.75, 3.05) is 44.8 Å². The number of benzene rings is 1. The van der Waals surface area contributed by atoms with Crippen molar-refractivity contribution in [2.24, 2.45) is 0 Å². The topological polar surface area (TPSA) is 108 Å². The third kappa shape index (κ3) is 5.00. The summed E-state index contributed by atoms with van der Waals surface area (Å²) in [6.07, 6.45) is 4.73. The minimum absolute atomic E-state index is 0.595. The second-order valence-electron chi connectivity index (χ2n) is 7.07. The molecule has 154 valence electrons. The standard InChI is InChI=1S/C16H18N6O2.C4H8O/c23-10-17-14-8-18-21-15(14)16-19-12-2-1-11(7-13(12)20-16)9-22-3-5-24-6-4-22;1-2-4-5-3-1/h1-2,7-8,10H,3-6,9H2,(H,17,23)(H,18,21)(H,19,20);1-4H2. The van der Waals surface area contributed by atoms with Gasteiger partial charge in [0.1, 0.15) is 5.69 Å². The number of aromatic nitrogens is 4. The second-order valence-corrected chi connectivity index (χ2v) is 7.07. The summed E-state index contributed by atoms with van der Waals surface area (Å²) < 4.78 is 10.3. The molecule has 4 heterocycles. The molecule has 3 aromatic rings. The van der Waals surface area contributed by atoms with E-state index in [1.165, 1.54) is 18.4 Å². The summed E-state index contributed by atoms with van der Waals surface area (Å²) in [6.45, 7) is 6.41. The number of hydrogen-bond donors (Lipinski definition) is 3. The minimum Gasteiger partial charge on any atom is -0.381 e. The Labute approximate surface area is 168 Å². The first kappa shape index (κ1) is 19.6. The first-order valence-electron chi connectivity index (χ1n) is 9.94. The molecule has 0 spiro atoms. The summed E-state index contributed by atoms with van der Waals surface area (Å²) in [5.74, 6) is 0.648. The zero-order valence-electron chi connectivity index (χ0n) is 16.3. The molecule has 2 aromatic heterocycles. The van der Waals surface area contributed by atoms with Crippen molar-refractivity contribution in [3.8, 4) is 11.5 Å². The molecule has 1 amide bonds. The van der Waals surface area contributed by atoms with Gasteiger partial charge in [0.05, 0.1) is 36.1 Å². The number of anilines is 1. The van der Waals surface area contributed by atoms with Crippen molar-refractivity contribution in [1.82, 2.24) is 25.1 Å². The van der Waals surface area contributed by atoms with Gasteiger partial charge in [-0.15, -0.1) is 0 Å². The van der Waals surface area contributed by atoms with E-state index in [0.717, 1.165) is 57.1 Å². The molecule has 29 heavy (non-hydrogen) atoms. The maximum Gasteiger partial charge on any atom is 0.211 e. The van der Waals surface area contributed by atoms with Crippen LogP contribution in [0.25, 0.3) is 22.6 Å². The maximum absolute atomic E-state index is 10.7. The molecule has 0 aliphatic carbocycles. The lowest BCUT2D eigenvalue weighted by Gasteiger charge is -2.26. The average molecular weight is 398 g/mol.